The summed E-state index contributed by atoms with van der Waals surface area (Å²) < 4.78 is 41.2. The highest BCUT2D eigenvalue weighted by molar-refractivity contribution is 7.98. The zero-order valence-electron chi connectivity index (χ0n) is 11.4. The first kappa shape index (κ1) is 17.6. The molecule has 21 heavy (non-hydrogen) atoms. The predicted molar refractivity (Wildman–Crippen MR) is 77.6 cm³/mol. The number of halogens is 3. The van der Waals surface area contributed by atoms with Crippen LogP contribution in [0.2, 0.25) is 0 Å². The van der Waals surface area contributed by atoms with E-state index in [4.69, 9.17) is 5.73 Å². The molecule has 0 radical (unpaired) electrons. The molecule has 8 heteroatoms. The lowest BCUT2D eigenvalue weighted by Crippen LogP contribution is -2.36. The van der Waals surface area contributed by atoms with Crippen molar-refractivity contribution in [3.05, 3.63) is 24.3 Å². The smallest absolute Gasteiger partial charge is 0.422 e. The average molecular weight is 322 g/mol. The number of nitrogens with one attached hydrogen (secondary N) is 1. The van der Waals surface area contributed by atoms with E-state index in [1.165, 1.54) is 18.2 Å². The SMILES string of the molecule is CSCC[C@H](N)C(=O)Nc1ccccc1OCC(F)(F)F. The summed E-state index contributed by atoms with van der Waals surface area (Å²) in [6.07, 6.45) is -2.06. The number of ether oxygens (including phenoxy) is 1. The standard InChI is InChI=1S/C13H17F3N2O2S/c1-21-7-6-9(17)12(19)18-10-4-2-3-5-11(10)20-8-13(14,15)16/h2-5,9H,6-8,17H2,1H3,(H,18,19)/t9-/m0/s1. The minimum Gasteiger partial charge on any atom is -0.482 e. The molecule has 1 aromatic rings. The van der Waals surface area contributed by atoms with Crippen LogP contribution in [0.25, 0.3) is 0 Å². The second-order valence-corrected chi connectivity index (χ2v) is 5.26. The van der Waals surface area contributed by atoms with Crippen LogP contribution < -0.4 is 15.8 Å². The van der Waals surface area contributed by atoms with Gasteiger partial charge in [0.15, 0.2) is 6.61 Å². The molecule has 0 saturated carbocycles. The Morgan fingerprint density at radius 3 is 2.71 bits per heavy atom. The Bertz CT molecular complexity index is 469. The van der Waals surface area contributed by atoms with Gasteiger partial charge in [0.25, 0.3) is 0 Å². The molecule has 0 aliphatic carbocycles. The van der Waals surface area contributed by atoms with Gasteiger partial charge in [0.2, 0.25) is 5.91 Å². The van der Waals surface area contributed by atoms with Crippen LogP contribution in [0.3, 0.4) is 0 Å². The van der Waals surface area contributed by atoms with Gasteiger partial charge >= 0.3 is 6.18 Å². The van der Waals surface area contributed by atoms with E-state index >= 15 is 0 Å². The van der Waals surface area contributed by atoms with Gasteiger partial charge in [-0.15, -0.1) is 0 Å². The van der Waals surface area contributed by atoms with E-state index in [0.29, 0.717) is 6.42 Å². The molecular formula is C13H17F3N2O2S. The molecule has 1 rings (SSSR count). The molecule has 0 spiro atoms. The van der Waals surface area contributed by atoms with Crippen LogP contribution in [0.15, 0.2) is 24.3 Å². The zero-order chi connectivity index (χ0) is 15.9. The molecular weight excluding hydrogens is 305 g/mol. The van der Waals surface area contributed by atoms with Gasteiger partial charge in [0, 0.05) is 0 Å². The Balaban J connectivity index is 2.68. The van der Waals surface area contributed by atoms with Crippen molar-refractivity contribution in [3.8, 4) is 5.75 Å². The topological polar surface area (TPSA) is 64.4 Å². The van der Waals surface area contributed by atoms with Gasteiger partial charge in [-0.05, 0) is 30.6 Å². The fourth-order valence-electron chi connectivity index (χ4n) is 1.46. The molecule has 0 aliphatic heterocycles. The van der Waals surface area contributed by atoms with E-state index < -0.39 is 24.7 Å². The van der Waals surface area contributed by atoms with Gasteiger partial charge in [0.05, 0.1) is 11.7 Å². The van der Waals surface area contributed by atoms with E-state index in [1.54, 1.807) is 17.8 Å². The molecule has 0 fully saturated rings. The summed E-state index contributed by atoms with van der Waals surface area (Å²) in [4.78, 5) is 11.8. The van der Waals surface area contributed by atoms with Crippen LogP contribution in [0, 0.1) is 0 Å². The number of alkyl halides is 3. The number of hydrogen-bond donors (Lipinski definition) is 2. The van der Waals surface area contributed by atoms with Crippen LogP contribution in [-0.4, -0.2) is 36.7 Å². The lowest BCUT2D eigenvalue weighted by molar-refractivity contribution is -0.153. The van der Waals surface area contributed by atoms with Crippen LogP contribution in [0.5, 0.6) is 5.75 Å². The third-order valence-electron chi connectivity index (χ3n) is 2.51. The first-order chi connectivity index (χ1) is 9.83. The summed E-state index contributed by atoms with van der Waals surface area (Å²) in [5, 5.41) is 2.49. The van der Waals surface area contributed by atoms with Crippen molar-refractivity contribution >= 4 is 23.4 Å². The van der Waals surface area contributed by atoms with Crippen molar-refractivity contribution in [3.63, 3.8) is 0 Å². The molecule has 4 nitrogen and oxygen atoms in total. The van der Waals surface area contributed by atoms with E-state index in [0.717, 1.165) is 5.75 Å². The molecule has 0 aromatic heterocycles. The Morgan fingerprint density at radius 1 is 1.43 bits per heavy atom. The molecule has 3 N–H and O–H groups in total. The second-order valence-electron chi connectivity index (χ2n) is 4.28. The first-order valence-corrected chi connectivity index (χ1v) is 7.57. The summed E-state index contributed by atoms with van der Waals surface area (Å²) in [5.41, 5.74) is 5.87. The van der Waals surface area contributed by atoms with Gasteiger partial charge < -0.3 is 15.8 Å². The van der Waals surface area contributed by atoms with Gasteiger partial charge in [0.1, 0.15) is 5.75 Å². The Morgan fingerprint density at radius 2 is 2.10 bits per heavy atom. The lowest BCUT2D eigenvalue weighted by Gasteiger charge is -2.16. The number of nitrogens with two attached hydrogens (primary N) is 1. The monoisotopic (exact) mass is 322 g/mol. The van der Waals surface area contributed by atoms with Gasteiger partial charge in [-0.3, -0.25) is 4.79 Å². The van der Waals surface area contributed by atoms with Crippen LogP contribution in [0.1, 0.15) is 6.42 Å². The van der Waals surface area contributed by atoms with E-state index in [2.05, 4.69) is 10.1 Å². The fourth-order valence-corrected chi connectivity index (χ4v) is 1.95. The zero-order valence-corrected chi connectivity index (χ0v) is 12.3. The number of para-hydroxylation sites is 2. The number of anilines is 1. The quantitative estimate of drug-likeness (QED) is 0.810. The van der Waals surface area contributed by atoms with Gasteiger partial charge in [-0.2, -0.15) is 24.9 Å². The van der Waals surface area contributed by atoms with E-state index in [1.807, 2.05) is 6.26 Å². The van der Waals surface area contributed by atoms with Crippen LogP contribution in [0.4, 0.5) is 18.9 Å². The molecule has 0 bridgehead atoms. The number of amides is 1. The summed E-state index contributed by atoms with van der Waals surface area (Å²) in [6, 6.07) is 5.21. The second kappa shape index (κ2) is 8.14. The molecule has 1 atom stereocenters. The Labute approximate surface area is 125 Å². The Hall–Kier alpha value is -1.41. The molecule has 0 unspecified atom stereocenters. The number of hydrogen-bond acceptors (Lipinski definition) is 4. The summed E-state index contributed by atoms with van der Waals surface area (Å²) in [5.74, 6) is 0.230. The predicted octanol–water partition coefficient (Wildman–Crippen LogP) is 2.65. The molecule has 1 amide bonds. The minimum absolute atomic E-state index is 0.0414. The average Bonchev–Trinajstić information content (AvgIpc) is 2.42. The fraction of sp³-hybridized carbons (Fsp3) is 0.462. The number of thioether (sulfide) groups is 1. The maximum atomic E-state index is 12.2. The highest BCUT2D eigenvalue weighted by Crippen LogP contribution is 2.26. The summed E-state index contributed by atoms with van der Waals surface area (Å²) >= 11 is 1.56. The summed E-state index contributed by atoms with van der Waals surface area (Å²) in [6.45, 7) is -1.42. The lowest BCUT2D eigenvalue weighted by atomic mass is 10.2. The number of rotatable bonds is 7. The number of carbonyl (C=O) groups excluding carboxylic acids is 1. The largest absolute Gasteiger partial charge is 0.482 e. The van der Waals surface area contributed by atoms with E-state index in [9.17, 15) is 18.0 Å². The summed E-state index contributed by atoms with van der Waals surface area (Å²) in [7, 11) is 0. The van der Waals surface area contributed by atoms with E-state index in [-0.39, 0.29) is 11.4 Å². The number of carbonyl (C=O) groups is 1. The van der Waals surface area contributed by atoms with Crippen molar-refractivity contribution in [2.45, 2.75) is 18.6 Å². The maximum absolute atomic E-state index is 12.2. The molecule has 1 aromatic carbocycles. The maximum Gasteiger partial charge on any atom is 0.422 e. The first-order valence-electron chi connectivity index (χ1n) is 6.17. The van der Waals surface area contributed by atoms with Crippen molar-refractivity contribution in [2.75, 3.05) is 23.9 Å². The molecule has 0 saturated heterocycles. The van der Waals surface area contributed by atoms with Crippen LogP contribution >= 0.6 is 11.8 Å². The highest BCUT2D eigenvalue weighted by atomic mass is 32.2. The normalized spacial score (nSPS) is 12.8. The number of benzene rings is 1. The third-order valence-corrected chi connectivity index (χ3v) is 3.15. The Kier molecular flexibility index (Phi) is 6.83. The van der Waals surface area contributed by atoms with Crippen molar-refractivity contribution in [2.24, 2.45) is 5.73 Å². The van der Waals surface area contributed by atoms with Crippen LogP contribution in [-0.2, 0) is 4.79 Å². The van der Waals surface area contributed by atoms with Crippen molar-refractivity contribution in [1.82, 2.24) is 0 Å². The minimum atomic E-state index is -4.44. The third kappa shape index (κ3) is 6.72. The molecule has 0 heterocycles. The van der Waals surface area contributed by atoms with Crippen molar-refractivity contribution in [1.29, 1.82) is 0 Å². The van der Waals surface area contributed by atoms with Gasteiger partial charge in [-0.25, -0.2) is 0 Å². The van der Waals surface area contributed by atoms with Gasteiger partial charge in [-0.1, -0.05) is 12.1 Å². The molecule has 118 valence electrons. The highest BCUT2D eigenvalue weighted by Gasteiger charge is 2.29. The van der Waals surface area contributed by atoms with Crippen molar-refractivity contribution < 1.29 is 22.7 Å². The molecule has 0 aliphatic rings.